The Bertz CT molecular complexity index is 1150. The number of fused-ring (bicyclic) bond motifs is 1. The predicted molar refractivity (Wildman–Crippen MR) is 114 cm³/mol. The molecule has 0 aliphatic heterocycles. The number of hydrogen-bond donors (Lipinski definition) is 1. The van der Waals surface area contributed by atoms with Crippen molar-refractivity contribution in [3.8, 4) is 11.5 Å². The first-order valence-corrected chi connectivity index (χ1v) is 11.6. The van der Waals surface area contributed by atoms with Gasteiger partial charge in [0.2, 0.25) is 0 Å². The standard InChI is InChI=1S/C20H22N2O5S2/c1-12(2)11-27-16-8-5-13(9-17(16)26-3)19(23)22-20-21-15-7-6-14(29(4,24)25)10-18(15)28-20/h5-10,12H,11H2,1-4H3,(H,21,22,23). The summed E-state index contributed by atoms with van der Waals surface area (Å²) in [6.07, 6.45) is 1.15. The summed E-state index contributed by atoms with van der Waals surface area (Å²) < 4.78 is 35.1. The van der Waals surface area contributed by atoms with Crippen LogP contribution in [0.3, 0.4) is 0 Å². The molecule has 0 bridgehead atoms. The molecule has 0 radical (unpaired) electrons. The first kappa shape index (κ1) is 21.1. The van der Waals surface area contributed by atoms with Gasteiger partial charge in [0.1, 0.15) is 0 Å². The molecule has 9 heteroatoms. The van der Waals surface area contributed by atoms with Crippen LogP contribution in [0.4, 0.5) is 5.13 Å². The van der Waals surface area contributed by atoms with Crippen LogP contribution < -0.4 is 14.8 Å². The second-order valence-electron chi connectivity index (χ2n) is 6.95. The molecule has 0 unspecified atom stereocenters. The molecule has 0 saturated carbocycles. The molecule has 0 atom stereocenters. The van der Waals surface area contributed by atoms with E-state index in [-0.39, 0.29) is 10.8 Å². The number of sulfone groups is 1. The Morgan fingerprint density at radius 2 is 1.93 bits per heavy atom. The number of amides is 1. The third-order valence-corrected chi connectivity index (χ3v) is 6.05. The number of ether oxygens (including phenoxy) is 2. The zero-order chi connectivity index (χ0) is 21.2. The first-order valence-electron chi connectivity index (χ1n) is 8.90. The van der Waals surface area contributed by atoms with E-state index in [1.54, 1.807) is 30.3 Å². The van der Waals surface area contributed by atoms with Crippen LogP contribution in [-0.4, -0.2) is 39.3 Å². The lowest BCUT2D eigenvalue weighted by atomic mass is 10.2. The van der Waals surface area contributed by atoms with Crippen LogP contribution in [0.15, 0.2) is 41.3 Å². The number of nitrogens with one attached hydrogen (secondary N) is 1. The molecule has 29 heavy (non-hydrogen) atoms. The predicted octanol–water partition coefficient (Wildman–Crippen LogP) is 4.00. The second kappa shape index (κ2) is 8.38. The molecule has 0 spiro atoms. The molecular formula is C20H22N2O5S2. The second-order valence-corrected chi connectivity index (χ2v) is 9.99. The van der Waals surface area contributed by atoms with Crippen molar-refractivity contribution in [2.24, 2.45) is 5.92 Å². The van der Waals surface area contributed by atoms with Crippen molar-refractivity contribution in [2.75, 3.05) is 25.3 Å². The molecule has 1 heterocycles. The molecule has 0 aliphatic carbocycles. The van der Waals surface area contributed by atoms with E-state index in [1.807, 2.05) is 13.8 Å². The number of aromatic nitrogens is 1. The van der Waals surface area contributed by atoms with Gasteiger partial charge in [0, 0.05) is 11.8 Å². The van der Waals surface area contributed by atoms with Gasteiger partial charge in [-0.3, -0.25) is 10.1 Å². The van der Waals surface area contributed by atoms with Gasteiger partial charge in [-0.25, -0.2) is 13.4 Å². The summed E-state index contributed by atoms with van der Waals surface area (Å²) in [7, 11) is -1.79. The number of carbonyl (C=O) groups is 1. The fourth-order valence-corrected chi connectivity index (χ4v) is 4.16. The number of benzene rings is 2. The molecule has 3 rings (SSSR count). The van der Waals surface area contributed by atoms with E-state index in [0.29, 0.717) is 44.9 Å². The summed E-state index contributed by atoms with van der Waals surface area (Å²) in [6.45, 7) is 4.64. The maximum Gasteiger partial charge on any atom is 0.257 e. The summed E-state index contributed by atoms with van der Waals surface area (Å²) in [5.74, 6) is 1.07. The number of carbonyl (C=O) groups excluding carboxylic acids is 1. The highest BCUT2D eigenvalue weighted by Gasteiger charge is 2.15. The van der Waals surface area contributed by atoms with E-state index in [9.17, 15) is 13.2 Å². The normalized spacial score (nSPS) is 11.6. The highest BCUT2D eigenvalue weighted by Crippen LogP contribution is 2.31. The fraction of sp³-hybridized carbons (Fsp3) is 0.300. The summed E-state index contributed by atoms with van der Waals surface area (Å²) in [4.78, 5) is 17.2. The number of thiazole rings is 1. The number of rotatable bonds is 7. The molecule has 0 aliphatic rings. The highest BCUT2D eigenvalue weighted by molar-refractivity contribution is 7.90. The number of hydrogen-bond acceptors (Lipinski definition) is 7. The lowest BCUT2D eigenvalue weighted by Gasteiger charge is -2.13. The van der Waals surface area contributed by atoms with Crippen LogP contribution >= 0.6 is 11.3 Å². The molecule has 3 aromatic rings. The first-order chi connectivity index (χ1) is 13.7. The van der Waals surface area contributed by atoms with Gasteiger partial charge in [-0.05, 0) is 42.3 Å². The van der Waals surface area contributed by atoms with Gasteiger partial charge in [-0.2, -0.15) is 0 Å². The Balaban J connectivity index is 1.80. The smallest absolute Gasteiger partial charge is 0.257 e. The van der Waals surface area contributed by atoms with Crippen molar-refractivity contribution >= 4 is 42.4 Å². The zero-order valence-electron chi connectivity index (χ0n) is 16.6. The highest BCUT2D eigenvalue weighted by atomic mass is 32.2. The van der Waals surface area contributed by atoms with Gasteiger partial charge in [0.25, 0.3) is 5.91 Å². The van der Waals surface area contributed by atoms with Crippen molar-refractivity contribution in [3.05, 3.63) is 42.0 Å². The van der Waals surface area contributed by atoms with E-state index in [4.69, 9.17) is 9.47 Å². The molecule has 1 N–H and O–H groups in total. The largest absolute Gasteiger partial charge is 0.493 e. The van der Waals surface area contributed by atoms with Crippen LogP contribution in [0.25, 0.3) is 10.2 Å². The number of nitrogens with zero attached hydrogens (tertiary/aromatic N) is 1. The summed E-state index contributed by atoms with van der Waals surface area (Å²) >= 11 is 1.21. The van der Waals surface area contributed by atoms with Crippen LogP contribution in [0, 0.1) is 5.92 Å². The molecule has 154 valence electrons. The number of methoxy groups -OCH3 is 1. The topological polar surface area (TPSA) is 94.6 Å². The van der Waals surface area contributed by atoms with E-state index >= 15 is 0 Å². The third kappa shape index (κ3) is 5.04. The third-order valence-electron chi connectivity index (χ3n) is 4.01. The van der Waals surface area contributed by atoms with Crippen molar-refractivity contribution in [1.82, 2.24) is 4.98 Å². The van der Waals surface area contributed by atoms with Gasteiger partial charge in [0.05, 0.1) is 28.8 Å². The molecule has 7 nitrogen and oxygen atoms in total. The lowest BCUT2D eigenvalue weighted by Crippen LogP contribution is -2.12. The SMILES string of the molecule is COc1cc(C(=O)Nc2nc3ccc(S(C)(=O)=O)cc3s2)ccc1OCC(C)C. The van der Waals surface area contributed by atoms with Crippen molar-refractivity contribution in [2.45, 2.75) is 18.7 Å². The van der Waals surface area contributed by atoms with Gasteiger partial charge in [0.15, 0.2) is 26.5 Å². The maximum absolute atomic E-state index is 12.6. The fourth-order valence-electron chi connectivity index (χ4n) is 2.54. The minimum atomic E-state index is -3.31. The quantitative estimate of drug-likeness (QED) is 0.604. The van der Waals surface area contributed by atoms with Gasteiger partial charge < -0.3 is 9.47 Å². The average Bonchev–Trinajstić information content (AvgIpc) is 3.06. The average molecular weight is 435 g/mol. The van der Waals surface area contributed by atoms with E-state index in [2.05, 4.69) is 10.3 Å². The van der Waals surface area contributed by atoms with Crippen LogP contribution in [-0.2, 0) is 9.84 Å². The van der Waals surface area contributed by atoms with Crippen molar-refractivity contribution in [1.29, 1.82) is 0 Å². The number of anilines is 1. The van der Waals surface area contributed by atoms with Crippen LogP contribution in [0.5, 0.6) is 11.5 Å². The Morgan fingerprint density at radius 1 is 1.17 bits per heavy atom. The van der Waals surface area contributed by atoms with E-state index < -0.39 is 9.84 Å². The summed E-state index contributed by atoms with van der Waals surface area (Å²) in [6, 6.07) is 9.66. The Kier molecular flexibility index (Phi) is 6.09. The molecule has 1 aromatic heterocycles. The van der Waals surface area contributed by atoms with E-state index in [0.717, 1.165) is 6.26 Å². The molecular weight excluding hydrogens is 412 g/mol. The van der Waals surface area contributed by atoms with Gasteiger partial charge >= 0.3 is 0 Å². The lowest BCUT2D eigenvalue weighted by molar-refractivity contribution is 0.102. The van der Waals surface area contributed by atoms with Crippen LogP contribution in [0.2, 0.25) is 0 Å². The minimum absolute atomic E-state index is 0.216. The Hall–Kier alpha value is -2.65. The summed E-state index contributed by atoms with van der Waals surface area (Å²) in [5.41, 5.74) is 1.02. The van der Waals surface area contributed by atoms with Crippen molar-refractivity contribution < 1.29 is 22.7 Å². The minimum Gasteiger partial charge on any atom is -0.493 e. The molecule has 2 aromatic carbocycles. The zero-order valence-corrected chi connectivity index (χ0v) is 18.2. The Morgan fingerprint density at radius 3 is 2.59 bits per heavy atom. The molecule has 0 saturated heterocycles. The maximum atomic E-state index is 12.6. The molecule has 1 amide bonds. The van der Waals surface area contributed by atoms with Crippen LogP contribution in [0.1, 0.15) is 24.2 Å². The Labute approximate surface area is 173 Å². The van der Waals surface area contributed by atoms with Crippen molar-refractivity contribution in [3.63, 3.8) is 0 Å². The van der Waals surface area contributed by atoms with E-state index in [1.165, 1.54) is 24.5 Å². The monoisotopic (exact) mass is 434 g/mol. The summed E-state index contributed by atoms with van der Waals surface area (Å²) in [5, 5.41) is 3.13. The molecule has 0 fully saturated rings. The van der Waals surface area contributed by atoms with Gasteiger partial charge in [-0.15, -0.1) is 0 Å². The van der Waals surface area contributed by atoms with Gasteiger partial charge in [-0.1, -0.05) is 25.2 Å².